The molecule has 1 aromatic carbocycles. The Morgan fingerprint density at radius 1 is 1.05 bits per heavy atom. The van der Waals surface area contributed by atoms with Gasteiger partial charge < -0.3 is 0 Å². The minimum atomic E-state index is 0.983. The van der Waals surface area contributed by atoms with Crippen LogP contribution in [-0.2, 0) is 0 Å². The number of aromatic nitrogens is 2. The van der Waals surface area contributed by atoms with E-state index >= 15 is 0 Å². The lowest BCUT2D eigenvalue weighted by Gasteiger charge is -2.02. The first-order chi connectivity index (χ1) is 9.24. The van der Waals surface area contributed by atoms with Crippen molar-refractivity contribution in [2.75, 3.05) is 0 Å². The van der Waals surface area contributed by atoms with Crippen molar-refractivity contribution in [3.8, 4) is 22.0 Å². The van der Waals surface area contributed by atoms with Crippen LogP contribution in [0.15, 0.2) is 48.0 Å². The molecule has 0 aliphatic rings. The summed E-state index contributed by atoms with van der Waals surface area (Å²) in [5.41, 5.74) is 5.50. The van der Waals surface area contributed by atoms with Gasteiger partial charge in [0.1, 0.15) is 10.7 Å². The Morgan fingerprint density at radius 3 is 2.58 bits per heavy atom. The summed E-state index contributed by atoms with van der Waals surface area (Å²) in [5.74, 6) is 0. The fraction of sp³-hybridized carbons (Fsp3) is 0.125. The molecule has 0 fully saturated rings. The Hall–Kier alpha value is -2.00. The summed E-state index contributed by atoms with van der Waals surface area (Å²) in [6.07, 6.45) is 1.89. The lowest BCUT2D eigenvalue weighted by molar-refractivity contribution is 1.21. The Labute approximate surface area is 116 Å². The minimum absolute atomic E-state index is 0.983. The average molecular weight is 266 g/mol. The fourth-order valence-corrected chi connectivity index (χ4v) is 2.95. The number of pyridine rings is 1. The number of nitrogens with zero attached hydrogens (tertiary/aromatic N) is 2. The van der Waals surface area contributed by atoms with E-state index in [1.165, 1.54) is 11.1 Å². The van der Waals surface area contributed by atoms with E-state index < -0.39 is 0 Å². The third-order valence-corrected chi connectivity index (χ3v) is 3.84. The molecule has 0 saturated carbocycles. The van der Waals surface area contributed by atoms with Gasteiger partial charge in [-0.15, -0.1) is 11.3 Å². The van der Waals surface area contributed by atoms with Crippen LogP contribution < -0.4 is 0 Å². The van der Waals surface area contributed by atoms with Gasteiger partial charge in [-0.3, -0.25) is 4.98 Å². The van der Waals surface area contributed by atoms with Gasteiger partial charge in [-0.25, -0.2) is 4.98 Å². The zero-order valence-electron chi connectivity index (χ0n) is 10.9. The van der Waals surface area contributed by atoms with Crippen LogP contribution >= 0.6 is 11.3 Å². The third-order valence-electron chi connectivity index (χ3n) is 2.99. The zero-order chi connectivity index (χ0) is 13.2. The monoisotopic (exact) mass is 266 g/mol. The van der Waals surface area contributed by atoms with E-state index in [1.54, 1.807) is 11.3 Å². The third kappa shape index (κ3) is 2.42. The normalized spacial score (nSPS) is 10.6. The van der Waals surface area contributed by atoms with E-state index in [1.807, 2.05) is 24.4 Å². The minimum Gasteiger partial charge on any atom is -0.253 e. The molecule has 0 spiro atoms. The number of hydrogen-bond donors (Lipinski definition) is 0. The number of thiazole rings is 1. The highest BCUT2D eigenvalue weighted by Gasteiger charge is 2.09. The van der Waals surface area contributed by atoms with Gasteiger partial charge in [-0.2, -0.15) is 0 Å². The first kappa shape index (κ1) is 12.1. The molecule has 0 saturated heterocycles. The van der Waals surface area contributed by atoms with Crippen molar-refractivity contribution in [1.82, 2.24) is 9.97 Å². The molecule has 0 radical (unpaired) electrons. The van der Waals surface area contributed by atoms with Crippen LogP contribution in [0.4, 0.5) is 0 Å². The summed E-state index contributed by atoms with van der Waals surface area (Å²) >= 11 is 1.64. The summed E-state index contributed by atoms with van der Waals surface area (Å²) in [4.78, 5) is 9.20. The second-order valence-corrected chi connectivity index (χ2v) is 5.44. The quantitative estimate of drug-likeness (QED) is 0.683. The van der Waals surface area contributed by atoms with Crippen molar-refractivity contribution in [3.05, 3.63) is 59.1 Å². The molecule has 0 atom stereocenters. The van der Waals surface area contributed by atoms with Crippen molar-refractivity contribution < 1.29 is 0 Å². The van der Waals surface area contributed by atoms with E-state index in [0.29, 0.717) is 0 Å². The van der Waals surface area contributed by atoms with Crippen molar-refractivity contribution in [2.45, 2.75) is 13.8 Å². The molecule has 0 aliphatic heterocycles. The Balaban J connectivity index is 2.02. The smallest absolute Gasteiger partial charge is 0.142 e. The second kappa shape index (κ2) is 4.94. The van der Waals surface area contributed by atoms with Crippen LogP contribution in [0.1, 0.15) is 11.1 Å². The van der Waals surface area contributed by atoms with Crippen LogP contribution in [-0.4, -0.2) is 9.97 Å². The highest BCUT2D eigenvalue weighted by Crippen LogP contribution is 2.29. The van der Waals surface area contributed by atoms with E-state index in [0.717, 1.165) is 22.0 Å². The largest absolute Gasteiger partial charge is 0.253 e. The molecule has 2 heterocycles. The molecular formula is C16H14N2S. The van der Waals surface area contributed by atoms with Gasteiger partial charge in [0.15, 0.2) is 0 Å². The Morgan fingerprint density at radius 2 is 1.84 bits per heavy atom. The molecule has 0 amide bonds. The first-order valence-corrected chi connectivity index (χ1v) is 7.06. The maximum Gasteiger partial charge on any atom is 0.142 e. The molecule has 2 aromatic heterocycles. The zero-order valence-corrected chi connectivity index (χ0v) is 11.7. The summed E-state index contributed by atoms with van der Waals surface area (Å²) in [6, 6.07) is 12.4. The molecule has 0 N–H and O–H groups in total. The maximum absolute atomic E-state index is 4.70. The topological polar surface area (TPSA) is 25.8 Å². The first-order valence-electron chi connectivity index (χ1n) is 6.18. The highest BCUT2D eigenvalue weighted by molar-refractivity contribution is 7.13. The van der Waals surface area contributed by atoms with Gasteiger partial charge in [0.05, 0.1) is 5.69 Å². The van der Waals surface area contributed by atoms with E-state index in [9.17, 15) is 0 Å². The van der Waals surface area contributed by atoms with Crippen LogP contribution in [0.2, 0.25) is 0 Å². The standard InChI is InChI=1S/C16H14N2S/c1-11-8-12(2)15(17-9-11)16-18-14(10-19-16)13-6-4-3-5-7-13/h3-10H,1-2H3. The van der Waals surface area contributed by atoms with Crippen molar-refractivity contribution in [3.63, 3.8) is 0 Å². The summed E-state index contributed by atoms with van der Waals surface area (Å²) in [6.45, 7) is 4.14. The number of rotatable bonds is 2. The molecule has 0 unspecified atom stereocenters. The summed E-state index contributed by atoms with van der Waals surface area (Å²) in [5, 5.41) is 3.07. The summed E-state index contributed by atoms with van der Waals surface area (Å²) < 4.78 is 0. The van der Waals surface area contributed by atoms with Crippen LogP contribution in [0.3, 0.4) is 0 Å². The molecular weight excluding hydrogens is 252 g/mol. The van der Waals surface area contributed by atoms with Crippen LogP contribution in [0.5, 0.6) is 0 Å². The molecule has 3 rings (SSSR count). The van der Waals surface area contributed by atoms with Crippen molar-refractivity contribution in [1.29, 1.82) is 0 Å². The Kier molecular flexibility index (Phi) is 3.13. The maximum atomic E-state index is 4.70. The molecule has 3 aromatic rings. The van der Waals surface area contributed by atoms with Crippen LogP contribution in [0, 0.1) is 13.8 Å². The van der Waals surface area contributed by atoms with E-state index in [2.05, 4.69) is 42.4 Å². The number of hydrogen-bond acceptors (Lipinski definition) is 3. The molecule has 94 valence electrons. The van der Waals surface area contributed by atoms with Gasteiger partial charge in [0.25, 0.3) is 0 Å². The lowest BCUT2D eigenvalue weighted by Crippen LogP contribution is -1.89. The van der Waals surface area contributed by atoms with Gasteiger partial charge in [0.2, 0.25) is 0 Å². The SMILES string of the molecule is Cc1cnc(-c2nc(-c3ccccc3)cs2)c(C)c1. The summed E-state index contributed by atoms with van der Waals surface area (Å²) in [7, 11) is 0. The van der Waals surface area contributed by atoms with Crippen molar-refractivity contribution in [2.24, 2.45) is 0 Å². The van der Waals surface area contributed by atoms with Gasteiger partial charge >= 0.3 is 0 Å². The molecule has 3 heteroatoms. The molecule has 0 aliphatic carbocycles. The van der Waals surface area contributed by atoms with Crippen LogP contribution in [0.25, 0.3) is 22.0 Å². The molecule has 19 heavy (non-hydrogen) atoms. The molecule has 0 bridgehead atoms. The predicted octanol–water partition coefficient (Wildman–Crippen LogP) is 4.49. The van der Waals surface area contributed by atoms with E-state index in [-0.39, 0.29) is 0 Å². The van der Waals surface area contributed by atoms with Gasteiger partial charge in [-0.05, 0) is 25.0 Å². The fourth-order valence-electron chi connectivity index (χ4n) is 2.06. The Bertz CT molecular complexity index is 702. The number of benzene rings is 1. The average Bonchev–Trinajstić information content (AvgIpc) is 2.89. The predicted molar refractivity (Wildman–Crippen MR) is 80.3 cm³/mol. The lowest BCUT2D eigenvalue weighted by atomic mass is 10.1. The van der Waals surface area contributed by atoms with Crippen molar-refractivity contribution >= 4 is 11.3 Å². The number of aryl methyl sites for hydroxylation is 2. The highest BCUT2D eigenvalue weighted by atomic mass is 32.1. The second-order valence-electron chi connectivity index (χ2n) is 4.58. The van der Waals surface area contributed by atoms with E-state index in [4.69, 9.17) is 4.98 Å². The van der Waals surface area contributed by atoms with Gasteiger partial charge in [0, 0.05) is 17.1 Å². The van der Waals surface area contributed by atoms with Gasteiger partial charge in [-0.1, -0.05) is 36.4 Å². The molecule has 2 nitrogen and oxygen atoms in total.